The lowest BCUT2D eigenvalue weighted by Gasteiger charge is -2.18. The molecule has 3 aromatic rings. The second kappa shape index (κ2) is 13.8. The Hall–Kier alpha value is -2.39. The van der Waals surface area contributed by atoms with E-state index in [4.69, 9.17) is 9.47 Å². The topological polar surface area (TPSA) is 77.3 Å². The Morgan fingerprint density at radius 3 is 2.42 bits per heavy atom. The van der Waals surface area contributed by atoms with E-state index in [-0.39, 0.29) is 30.8 Å². The van der Waals surface area contributed by atoms with Crippen molar-refractivity contribution in [3.8, 4) is 23.2 Å². The van der Waals surface area contributed by atoms with Gasteiger partial charge >= 0.3 is 6.01 Å². The molecule has 8 nitrogen and oxygen atoms in total. The summed E-state index contributed by atoms with van der Waals surface area (Å²) in [6.45, 7) is 9.24. The van der Waals surface area contributed by atoms with Crippen LogP contribution in [0.2, 0.25) is 0 Å². The minimum atomic E-state index is 0. The van der Waals surface area contributed by atoms with Crippen LogP contribution in [-0.2, 0) is 6.54 Å². The monoisotopic (exact) mass is 468 g/mol. The van der Waals surface area contributed by atoms with Gasteiger partial charge in [-0.25, -0.2) is 0 Å². The lowest BCUT2D eigenvalue weighted by atomic mass is 10.2. The van der Waals surface area contributed by atoms with E-state index in [2.05, 4.69) is 39.6 Å². The quantitative estimate of drug-likeness (QED) is 0.429. The molecule has 3 rings (SSSR count). The molecule has 0 aliphatic carbocycles. The van der Waals surface area contributed by atoms with Crippen LogP contribution in [0, 0.1) is 0 Å². The Labute approximate surface area is 195 Å². The molecule has 1 aromatic heterocycles. The number of likely N-dealkylation sites (N-methyl/N-ethyl adjacent to an activating group) is 1. The summed E-state index contributed by atoms with van der Waals surface area (Å²) in [5.41, 5.74) is 1.94. The third-order valence-corrected chi connectivity index (χ3v) is 4.70. The highest BCUT2D eigenvalue weighted by Gasteiger charge is 2.14. The lowest BCUT2D eigenvalue weighted by molar-refractivity contribution is 0.302. The molecule has 31 heavy (non-hydrogen) atoms. The first-order valence-electron chi connectivity index (χ1n) is 9.86. The number of hydrogen-bond donors (Lipinski definition) is 1. The van der Waals surface area contributed by atoms with Crippen LogP contribution in [-0.4, -0.2) is 58.4 Å². The van der Waals surface area contributed by atoms with E-state index >= 15 is 0 Å². The zero-order chi connectivity index (χ0) is 20.5. The maximum absolute atomic E-state index is 5.94. The zero-order valence-corrected chi connectivity index (χ0v) is 19.7. The Kier molecular flexibility index (Phi) is 11.9. The van der Waals surface area contributed by atoms with Gasteiger partial charge in [0.1, 0.15) is 0 Å². The highest BCUT2D eigenvalue weighted by atomic mass is 35.5. The molecule has 10 heteroatoms. The van der Waals surface area contributed by atoms with E-state index in [9.17, 15) is 0 Å². The first kappa shape index (κ1) is 26.6. The van der Waals surface area contributed by atoms with Crippen LogP contribution in [0.15, 0.2) is 48.5 Å². The Balaban J connectivity index is 0.00000240. The third-order valence-electron chi connectivity index (χ3n) is 4.70. The largest absolute Gasteiger partial charge is 0.493 e. The number of benzene rings is 2. The number of nitrogens with zero attached hydrogens (tertiary/aromatic N) is 5. The summed E-state index contributed by atoms with van der Waals surface area (Å²) >= 11 is 0. The molecule has 170 valence electrons. The maximum Gasteiger partial charge on any atom is 0.346 e. The minimum Gasteiger partial charge on any atom is -0.493 e. The molecule has 0 saturated carbocycles. The second-order valence-electron chi connectivity index (χ2n) is 6.50. The van der Waals surface area contributed by atoms with E-state index < -0.39 is 0 Å². The molecular weight excluding hydrogens is 439 g/mol. The van der Waals surface area contributed by atoms with E-state index in [1.807, 2.05) is 48.5 Å². The Morgan fingerprint density at radius 1 is 1.00 bits per heavy atom. The van der Waals surface area contributed by atoms with Gasteiger partial charge in [-0.05, 0) is 53.3 Å². The molecule has 2 aromatic carbocycles. The van der Waals surface area contributed by atoms with Crippen molar-refractivity contribution in [3.63, 3.8) is 0 Å². The number of para-hydroxylation sites is 1. The summed E-state index contributed by atoms with van der Waals surface area (Å²) in [7, 11) is 1.62. The summed E-state index contributed by atoms with van der Waals surface area (Å²) in [4.78, 5) is 2.39. The fourth-order valence-corrected chi connectivity index (χ4v) is 2.99. The van der Waals surface area contributed by atoms with Crippen LogP contribution in [0.25, 0.3) is 5.69 Å². The summed E-state index contributed by atoms with van der Waals surface area (Å²) in [5, 5.41) is 15.2. The number of aromatic nitrogens is 4. The Morgan fingerprint density at radius 2 is 1.74 bits per heavy atom. The van der Waals surface area contributed by atoms with Gasteiger partial charge in [-0.3, -0.25) is 0 Å². The molecule has 1 N–H and O–H groups in total. The van der Waals surface area contributed by atoms with Crippen molar-refractivity contribution in [3.05, 3.63) is 54.1 Å². The average molecular weight is 469 g/mol. The van der Waals surface area contributed by atoms with Gasteiger partial charge < -0.3 is 19.7 Å². The highest BCUT2D eigenvalue weighted by Crippen LogP contribution is 2.32. The zero-order valence-electron chi connectivity index (χ0n) is 18.0. The number of ether oxygens (including phenoxy) is 2. The van der Waals surface area contributed by atoms with Gasteiger partial charge in [-0.15, -0.1) is 24.8 Å². The number of nitrogens with one attached hydrogen (secondary N) is 1. The standard InChI is InChI=1S/C21H28N6O2.2ClH/c1-4-26(5-2)14-13-22-16-17-11-12-19(20(15-17)28-3)29-21-23-24-25-27(21)18-9-7-6-8-10-18;;/h6-12,15,22H,4-5,13-14,16H2,1-3H3;2*1H. The maximum atomic E-state index is 5.94. The van der Waals surface area contributed by atoms with Crippen molar-refractivity contribution in [2.75, 3.05) is 33.3 Å². The van der Waals surface area contributed by atoms with E-state index in [1.165, 1.54) is 0 Å². The fraction of sp³-hybridized carbons (Fsp3) is 0.381. The van der Waals surface area contributed by atoms with Gasteiger partial charge in [0.05, 0.1) is 12.8 Å². The molecule has 0 fully saturated rings. The molecule has 0 unspecified atom stereocenters. The van der Waals surface area contributed by atoms with Crippen LogP contribution >= 0.6 is 24.8 Å². The fourth-order valence-electron chi connectivity index (χ4n) is 2.99. The van der Waals surface area contributed by atoms with Gasteiger partial charge in [0, 0.05) is 19.6 Å². The molecule has 0 amide bonds. The smallest absolute Gasteiger partial charge is 0.346 e. The molecule has 0 atom stereocenters. The van der Waals surface area contributed by atoms with Crippen molar-refractivity contribution >= 4 is 24.8 Å². The second-order valence-corrected chi connectivity index (χ2v) is 6.50. The van der Waals surface area contributed by atoms with Crippen LogP contribution < -0.4 is 14.8 Å². The number of methoxy groups -OCH3 is 1. The minimum absolute atomic E-state index is 0. The normalized spacial score (nSPS) is 10.3. The van der Waals surface area contributed by atoms with Crippen molar-refractivity contribution < 1.29 is 9.47 Å². The van der Waals surface area contributed by atoms with Crippen molar-refractivity contribution in [2.24, 2.45) is 0 Å². The molecule has 0 radical (unpaired) electrons. The first-order valence-corrected chi connectivity index (χ1v) is 9.86. The molecule has 0 aliphatic rings. The number of rotatable bonds is 11. The van der Waals surface area contributed by atoms with E-state index in [1.54, 1.807) is 11.8 Å². The van der Waals surface area contributed by atoms with Crippen molar-refractivity contribution in [1.29, 1.82) is 0 Å². The molecule has 0 saturated heterocycles. The van der Waals surface area contributed by atoms with Gasteiger partial charge in [0.2, 0.25) is 0 Å². The molecule has 0 spiro atoms. The molecule has 0 bridgehead atoms. The van der Waals surface area contributed by atoms with E-state index in [0.717, 1.165) is 44.0 Å². The first-order chi connectivity index (χ1) is 14.2. The SMILES string of the molecule is CCN(CC)CCNCc1ccc(Oc2nnnn2-c2ccccc2)c(OC)c1.Cl.Cl. The van der Waals surface area contributed by atoms with Crippen LogP contribution in [0.3, 0.4) is 0 Å². The average Bonchev–Trinajstić information content (AvgIpc) is 3.23. The van der Waals surface area contributed by atoms with Gasteiger partial charge in [0.15, 0.2) is 11.5 Å². The lowest BCUT2D eigenvalue weighted by Crippen LogP contribution is -2.31. The predicted molar refractivity (Wildman–Crippen MR) is 126 cm³/mol. The number of halogens is 2. The summed E-state index contributed by atoms with van der Waals surface area (Å²) in [6, 6.07) is 15.7. The number of hydrogen-bond acceptors (Lipinski definition) is 7. The van der Waals surface area contributed by atoms with Crippen LogP contribution in [0.4, 0.5) is 0 Å². The summed E-state index contributed by atoms with van der Waals surface area (Å²) in [6.07, 6.45) is 0. The van der Waals surface area contributed by atoms with Crippen LogP contribution in [0.5, 0.6) is 17.5 Å². The van der Waals surface area contributed by atoms with Gasteiger partial charge in [-0.1, -0.05) is 43.2 Å². The molecule has 0 aliphatic heterocycles. The number of tetrazole rings is 1. The Bertz CT molecular complexity index is 891. The third kappa shape index (κ3) is 7.36. The van der Waals surface area contributed by atoms with E-state index in [0.29, 0.717) is 11.5 Å². The predicted octanol–water partition coefficient (Wildman–Crippen LogP) is 3.74. The van der Waals surface area contributed by atoms with Crippen molar-refractivity contribution in [2.45, 2.75) is 20.4 Å². The van der Waals surface area contributed by atoms with Crippen LogP contribution in [0.1, 0.15) is 19.4 Å². The summed E-state index contributed by atoms with van der Waals surface area (Å²) in [5.74, 6) is 1.20. The van der Waals surface area contributed by atoms with Crippen molar-refractivity contribution in [1.82, 2.24) is 30.4 Å². The summed E-state index contributed by atoms with van der Waals surface area (Å²) < 4.78 is 13.0. The molecular formula is C21H30Cl2N6O2. The van der Waals surface area contributed by atoms with Gasteiger partial charge in [0.25, 0.3) is 0 Å². The van der Waals surface area contributed by atoms with Gasteiger partial charge in [-0.2, -0.15) is 4.68 Å². The highest BCUT2D eigenvalue weighted by molar-refractivity contribution is 5.85. The molecule has 1 heterocycles.